The second-order valence-electron chi connectivity index (χ2n) is 8.51. The number of para-hydroxylation sites is 2. The fraction of sp³-hybridized carbons (Fsp3) is 0.250. The standard InChI is InChI=1S/C24H24N8O/c25-15-8-10-17(11-9-15)32-23-20(22(26)27-13-28-23)21(31-32)14-4-3-5-16(12-14)29-24-30-18-6-1-2-7-19(18)33-24/h1-7,12-13,15,17H,8-11,25H2,(H,29,30)(H2,26,27,28). The first-order chi connectivity index (χ1) is 16.2. The molecule has 0 saturated heterocycles. The molecule has 3 heterocycles. The summed E-state index contributed by atoms with van der Waals surface area (Å²) in [7, 11) is 0. The Morgan fingerprint density at radius 1 is 1.00 bits per heavy atom. The summed E-state index contributed by atoms with van der Waals surface area (Å²) in [6.07, 6.45) is 5.40. The number of hydrogen-bond acceptors (Lipinski definition) is 8. The minimum Gasteiger partial charge on any atom is -0.423 e. The van der Waals surface area contributed by atoms with Crippen LogP contribution < -0.4 is 16.8 Å². The van der Waals surface area contributed by atoms with Gasteiger partial charge in [0.05, 0.1) is 11.4 Å². The van der Waals surface area contributed by atoms with Crippen molar-refractivity contribution in [2.75, 3.05) is 11.1 Å². The van der Waals surface area contributed by atoms with Crippen molar-refractivity contribution in [2.24, 2.45) is 5.73 Å². The Bertz CT molecular complexity index is 1410. The monoisotopic (exact) mass is 440 g/mol. The fourth-order valence-electron chi connectivity index (χ4n) is 4.59. The molecule has 1 aliphatic carbocycles. The molecule has 3 aromatic heterocycles. The van der Waals surface area contributed by atoms with Crippen LogP contribution in [-0.2, 0) is 0 Å². The molecule has 9 nitrogen and oxygen atoms in total. The molecule has 9 heteroatoms. The molecule has 166 valence electrons. The largest absolute Gasteiger partial charge is 0.423 e. The maximum Gasteiger partial charge on any atom is 0.300 e. The maximum atomic E-state index is 6.30. The quantitative estimate of drug-likeness (QED) is 0.374. The lowest BCUT2D eigenvalue weighted by Crippen LogP contribution is -2.28. The third-order valence-electron chi connectivity index (χ3n) is 6.29. The summed E-state index contributed by atoms with van der Waals surface area (Å²) in [5.41, 5.74) is 17.2. The van der Waals surface area contributed by atoms with Crippen LogP contribution in [0.4, 0.5) is 17.5 Å². The molecule has 1 saturated carbocycles. The van der Waals surface area contributed by atoms with Crippen LogP contribution in [0.5, 0.6) is 0 Å². The highest BCUT2D eigenvalue weighted by atomic mass is 16.4. The number of hydrogen-bond donors (Lipinski definition) is 3. The van der Waals surface area contributed by atoms with E-state index in [1.807, 2.05) is 53.2 Å². The lowest BCUT2D eigenvalue weighted by molar-refractivity contribution is 0.310. The van der Waals surface area contributed by atoms with Crippen molar-refractivity contribution in [3.05, 3.63) is 54.9 Å². The fourth-order valence-corrected chi connectivity index (χ4v) is 4.59. The van der Waals surface area contributed by atoms with Crippen molar-refractivity contribution in [3.63, 3.8) is 0 Å². The van der Waals surface area contributed by atoms with Crippen molar-refractivity contribution in [2.45, 2.75) is 37.8 Å². The molecule has 1 aliphatic rings. The topological polar surface area (TPSA) is 134 Å². The molecule has 5 N–H and O–H groups in total. The van der Waals surface area contributed by atoms with Gasteiger partial charge in [0.15, 0.2) is 11.2 Å². The molecule has 5 aromatic rings. The zero-order valence-electron chi connectivity index (χ0n) is 18.0. The molecule has 0 bridgehead atoms. The van der Waals surface area contributed by atoms with Crippen LogP contribution in [0.2, 0.25) is 0 Å². The highest BCUT2D eigenvalue weighted by Crippen LogP contribution is 2.36. The van der Waals surface area contributed by atoms with E-state index in [1.54, 1.807) is 0 Å². The van der Waals surface area contributed by atoms with Crippen molar-refractivity contribution in [1.82, 2.24) is 24.7 Å². The summed E-state index contributed by atoms with van der Waals surface area (Å²) in [5, 5.41) is 9.00. The van der Waals surface area contributed by atoms with Gasteiger partial charge in [0.1, 0.15) is 23.4 Å². The lowest BCUT2D eigenvalue weighted by atomic mass is 9.92. The predicted octanol–water partition coefficient (Wildman–Crippen LogP) is 4.40. The van der Waals surface area contributed by atoms with E-state index in [0.717, 1.165) is 64.8 Å². The summed E-state index contributed by atoms with van der Waals surface area (Å²) < 4.78 is 7.82. The Balaban J connectivity index is 1.39. The van der Waals surface area contributed by atoms with Gasteiger partial charge in [-0.15, -0.1) is 0 Å². The van der Waals surface area contributed by atoms with Crippen LogP contribution in [0, 0.1) is 0 Å². The minimum atomic E-state index is 0.247. The molecule has 0 unspecified atom stereocenters. The van der Waals surface area contributed by atoms with Gasteiger partial charge in [-0.05, 0) is 49.9 Å². The van der Waals surface area contributed by atoms with Gasteiger partial charge in [-0.2, -0.15) is 10.1 Å². The van der Waals surface area contributed by atoms with Crippen molar-refractivity contribution < 1.29 is 4.42 Å². The van der Waals surface area contributed by atoms with Gasteiger partial charge in [0, 0.05) is 17.3 Å². The molecule has 0 aliphatic heterocycles. The Morgan fingerprint density at radius 3 is 2.70 bits per heavy atom. The molecule has 0 radical (unpaired) electrons. The number of rotatable bonds is 4. The second-order valence-corrected chi connectivity index (χ2v) is 8.51. The van der Waals surface area contributed by atoms with Crippen LogP contribution in [0.15, 0.2) is 59.3 Å². The smallest absolute Gasteiger partial charge is 0.300 e. The van der Waals surface area contributed by atoms with E-state index >= 15 is 0 Å². The molecule has 0 atom stereocenters. The number of fused-ring (bicyclic) bond motifs is 2. The molecule has 2 aromatic carbocycles. The van der Waals surface area contributed by atoms with Gasteiger partial charge >= 0.3 is 0 Å². The highest BCUT2D eigenvalue weighted by Gasteiger charge is 2.25. The first kappa shape index (κ1) is 19.7. The number of nitrogens with two attached hydrogens (primary N) is 2. The number of nitrogen functional groups attached to an aromatic ring is 1. The summed E-state index contributed by atoms with van der Waals surface area (Å²) >= 11 is 0. The Kier molecular flexibility index (Phi) is 4.69. The summed E-state index contributed by atoms with van der Waals surface area (Å²) in [5.74, 6) is 0.422. The van der Waals surface area contributed by atoms with Gasteiger partial charge in [0.25, 0.3) is 6.01 Å². The number of nitrogens with zero attached hydrogens (tertiary/aromatic N) is 5. The predicted molar refractivity (Wildman–Crippen MR) is 128 cm³/mol. The van der Waals surface area contributed by atoms with Gasteiger partial charge in [-0.3, -0.25) is 0 Å². The number of benzene rings is 2. The van der Waals surface area contributed by atoms with Crippen molar-refractivity contribution in [3.8, 4) is 11.3 Å². The number of anilines is 3. The van der Waals surface area contributed by atoms with E-state index in [2.05, 4.69) is 20.3 Å². The van der Waals surface area contributed by atoms with E-state index < -0.39 is 0 Å². The average Bonchev–Trinajstić information content (AvgIpc) is 3.42. The van der Waals surface area contributed by atoms with Crippen LogP contribution in [0.25, 0.3) is 33.4 Å². The van der Waals surface area contributed by atoms with Crippen molar-refractivity contribution >= 4 is 39.7 Å². The second kappa shape index (κ2) is 7.86. The lowest BCUT2D eigenvalue weighted by Gasteiger charge is -2.26. The summed E-state index contributed by atoms with van der Waals surface area (Å²) in [4.78, 5) is 13.3. The normalized spacial score (nSPS) is 18.7. The van der Waals surface area contributed by atoms with Gasteiger partial charge < -0.3 is 21.2 Å². The van der Waals surface area contributed by atoms with E-state index in [4.69, 9.17) is 21.0 Å². The Labute approximate surface area is 189 Å². The number of nitrogens with one attached hydrogen (secondary N) is 1. The first-order valence-corrected chi connectivity index (χ1v) is 11.1. The van der Waals surface area contributed by atoms with Gasteiger partial charge in [-0.25, -0.2) is 14.6 Å². The molecule has 33 heavy (non-hydrogen) atoms. The van der Waals surface area contributed by atoms with Gasteiger partial charge in [0.2, 0.25) is 0 Å². The van der Waals surface area contributed by atoms with Gasteiger partial charge in [-0.1, -0.05) is 24.3 Å². The molecule has 6 rings (SSSR count). The van der Waals surface area contributed by atoms with E-state index in [-0.39, 0.29) is 12.1 Å². The van der Waals surface area contributed by atoms with Crippen LogP contribution in [-0.4, -0.2) is 30.8 Å². The van der Waals surface area contributed by atoms with Crippen LogP contribution >= 0.6 is 0 Å². The third-order valence-corrected chi connectivity index (χ3v) is 6.29. The van der Waals surface area contributed by atoms with Crippen molar-refractivity contribution in [1.29, 1.82) is 0 Å². The van der Waals surface area contributed by atoms with E-state index in [1.165, 1.54) is 6.33 Å². The molecule has 1 fully saturated rings. The highest BCUT2D eigenvalue weighted by molar-refractivity contribution is 5.98. The van der Waals surface area contributed by atoms with Crippen LogP contribution in [0.1, 0.15) is 31.7 Å². The summed E-state index contributed by atoms with van der Waals surface area (Å²) in [6.45, 7) is 0. The van der Waals surface area contributed by atoms with E-state index in [0.29, 0.717) is 11.8 Å². The Morgan fingerprint density at radius 2 is 1.85 bits per heavy atom. The third kappa shape index (κ3) is 3.56. The number of aromatic nitrogens is 5. The zero-order chi connectivity index (χ0) is 22.4. The Hall–Kier alpha value is -3.98. The average molecular weight is 441 g/mol. The van der Waals surface area contributed by atoms with E-state index in [9.17, 15) is 0 Å². The molecule has 0 spiro atoms. The minimum absolute atomic E-state index is 0.247. The van der Waals surface area contributed by atoms with Crippen LogP contribution in [0.3, 0.4) is 0 Å². The molecular weight excluding hydrogens is 416 g/mol. The SMILES string of the molecule is Nc1ncnc2c1c(-c1cccc(Nc3nc4ccccc4o3)c1)nn2C1CCC(N)CC1. The number of oxazole rings is 1. The summed E-state index contributed by atoms with van der Waals surface area (Å²) in [6, 6.07) is 16.5. The first-order valence-electron chi connectivity index (χ1n) is 11.1. The zero-order valence-corrected chi connectivity index (χ0v) is 18.0. The maximum absolute atomic E-state index is 6.30. The molecular formula is C24H24N8O. The molecule has 0 amide bonds.